The Bertz CT molecular complexity index is 1710. The van der Waals surface area contributed by atoms with Crippen LogP contribution in [-0.2, 0) is 22.6 Å². The van der Waals surface area contributed by atoms with Crippen molar-refractivity contribution in [2.45, 2.75) is 20.0 Å². The van der Waals surface area contributed by atoms with Crippen molar-refractivity contribution in [1.29, 1.82) is 0 Å². The minimum absolute atomic E-state index is 0.00503. The van der Waals surface area contributed by atoms with Crippen LogP contribution in [0.2, 0.25) is 0 Å². The lowest BCUT2D eigenvalue weighted by Gasteiger charge is -2.26. The lowest BCUT2D eigenvalue weighted by Crippen LogP contribution is -2.54. The third-order valence-corrected chi connectivity index (χ3v) is 6.55. The maximum absolute atomic E-state index is 13.8. The first-order chi connectivity index (χ1) is 19.9. The molecular formula is C33H27FN2O5. The highest BCUT2D eigenvalue weighted by Crippen LogP contribution is 2.36. The van der Waals surface area contributed by atoms with Crippen LogP contribution in [0.25, 0.3) is 16.8 Å². The topological polar surface area (TPSA) is 84.9 Å². The molecule has 7 nitrogen and oxygen atoms in total. The molecule has 1 heterocycles. The van der Waals surface area contributed by atoms with Crippen LogP contribution in [-0.4, -0.2) is 24.5 Å². The van der Waals surface area contributed by atoms with Crippen molar-refractivity contribution in [3.05, 3.63) is 120 Å². The second-order valence-corrected chi connectivity index (χ2v) is 9.30. The molecule has 4 aromatic carbocycles. The van der Waals surface area contributed by atoms with E-state index in [-0.39, 0.29) is 17.9 Å². The van der Waals surface area contributed by atoms with E-state index in [4.69, 9.17) is 9.47 Å². The van der Waals surface area contributed by atoms with Gasteiger partial charge in [0.2, 0.25) is 0 Å². The molecule has 206 valence electrons. The molecule has 4 aromatic rings. The molecule has 4 amide bonds. The van der Waals surface area contributed by atoms with Gasteiger partial charge < -0.3 is 9.47 Å². The smallest absolute Gasteiger partial charge is 0.335 e. The number of imide groups is 2. The molecule has 0 aliphatic carbocycles. The van der Waals surface area contributed by atoms with Crippen molar-refractivity contribution in [3.8, 4) is 11.5 Å². The average Bonchev–Trinajstić information content (AvgIpc) is 2.95. The van der Waals surface area contributed by atoms with E-state index in [0.717, 1.165) is 32.9 Å². The summed E-state index contributed by atoms with van der Waals surface area (Å²) >= 11 is 0. The van der Waals surface area contributed by atoms with Gasteiger partial charge in [0.1, 0.15) is 18.0 Å². The number of carbonyl (C=O) groups excluding carboxylic acids is 3. The fraction of sp³-hybridized carbons (Fsp3) is 0.121. The molecule has 0 radical (unpaired) electrons. The molecule has 0 aromatic heterocycles. The fourth-order valence-electron chi connectivity index (χ4n) is 4.74. The Kier molecular flexibility index (Phi) is 7.92. The molecule has 41 heavy (non-hydrogen) atoms. The first-order valence-corrected chi connectivity index (χ1v) is 13.1. The molecule has 0 atom stereocenters. The first kappa shape index (κ1) is 27.3. The Morgan fingerprint density at radius 1 is 0.927 bits per heavy atom. The molecule has 5 rings (SSSR count). The molecule has 8 heteroatoms. The zero-order chi connectivity index (χ0) is 28.9. The molecule has 1 fully saturated rings. The minimum atomic E-state index is -0.956. The average molecular weight is 551 g/mol. The number of anilines is 1. The van der Waals surface area contributed by atoms with Crippen molar-refractivity contribution in [3.63, 3.8) is 0 Å². The fourth-order valence-corrected chi connectivity index (χ4v) is 4.74. The van der Waals surface area contributed by atoms with Gasteiger partial charge in [-0.25, -0.2) is 14.1 Å². The van der Waals surface area contributed by atoms with Gasteiger partial charge in [-0.05, 0) is 71.7 Å². The third-order valence-electron chi connectivity index (χ3n) is 6.55. The van der Waals surface area contributed by atoms with Crippen LogP contribution in [0.3, 0.4) is 0 Å². The molecule has 1 saturated heterocycles. The quantitative estimate of drug-likeness (QED) is 0.149. The highest BCUT2D eigenvalue weighted by Gasteiger charge is 2.37. The van der Waals surface area contributed by atoms with Crippen LogP contribution in [0.15, 0.2) is 97.1 Å². The maximum atomic E-state index is 13.8. The van der Waals surface area contributed by atoms with Crippen molar-refractivity contribution < 1.29 is 28.2 Å². The lowest BCUT2D eigenvalue weighted by molar-refractivity contribution is -0.122. The predicted molar refractivity (Wildman–Crippen MR) is 155 cm³/mol. The van der Waals surface area contributed by atoms with E-state index in [1.807, 2.05) is 49.4 Å². The standard InChI is InChI=1S/C33H27FN2O5/c1-3-9-23-16-21(17-28-31(37)35-33(39)36(32(28)38)26-14-8-13-25(34)19-26)18-29(40-4-2)30(23)41-20-24-12-7-11-22-10-5-6-15-27(22)24/h3,5-8,10-19H,1,4,9,20H2,2H3,(H,35,37,39)/b28-17+. The summed E-state index contributed by atoms with van der Waals surface area (Å²) in [5.41, 5.74) is 1.94. The van der Waals surface area contributed by atoms with Gasteiger partial charge in [0.15, 0.2) is 11.5 Å². The number of urea groups is 1. The molecule has 0 saturated carbocycles. The Hall–Kier alpha value is -5.24. The van der Waals surface area contributed by atoms with Gasteiger partial charge in [-0.3, -0.25) is 14.9 Å². The van der Waals surface area contributed by atoms with Gasteiger partial charge in [0.05, 0.1) is 12.3 Å². The summed E-state index contributed by atoms with van der Waals surface area (Å²) in [5.74, 6) is -1.39. The highest BCUT2D eigenvalue weighted by molar-refractivity contribution is 6.39. The predicted octanol–water partition coefficient (Wildman–Crippen LogP) is 6.35. The number of halogens is 1. The van der Waals surface area contributed by atoms with Crippen molar-refractivity contribution in [2.24, 2.45) is 0 Å². The third kappa shape index (κ3) is 5.72. The van der Waals surface area contributed by atoms with Gasteiger partial charge >= 0.3 is 6.03 Å². The minimum Gasteiger partial charge on any atom is -0.490 e. The SMILES string of the molecule is C=CCc1cc(/C=C2\C(=O)NC(=O)N(c3cccc(F)c3)C2=O)cc(OCC)c1OCc1cccc2ccccc12. The van der Waals surface area contributed by atoms with Crippen LogP contribution in [0.5, 0.6) is 11.5 Å². The van der Waals surface area contributed by atoms with Crippen molar-refractivity contribution in [2.75, 3.05) is 11.5 Å². The summed E-state index contributed by atoms with van der Waals surface area (Å²) in [5, 5.41) is 4.34. The number of carbonyl (C=O) groups is 3. The normalized spacial score (nSPS) is 14.3. The summed E-state index contributed by atoms with van der Waals surface area (Å²) < 4.78 is 26.1. The molecular weight excluding hydrogens is 523 g/mol. The number of hydrogen-bond acceptors (Lipinski definition) is 5. The number of ether oxygens (including phenoxy) is 2. The Balaban J connectivity index is 1.52. The summed E-state index contributed by atoms with van der Waals surface area (Å²) in [6.45, 7) is 6.33. The summed E-state index contributed by atoms with van der Waals surface area (Å²) in [6, 6.07) is 21.6. The Labute approximate surface area is 236 Å². The van der Waals surface area contributed by atoms with Gasteiger partial charge in [0, 0.05) is 5.56 Å². The van der Waals surface area contributed by atoms with Crippen molar-refractivity contribution in [1.82, 2.24) is 5.32 Å². The molecule has 1 aliphatic rings. The van der Waals surface area contributed by atoms with Gasteiger partial charge in [-0.2, -0.15) is 0 Å². The number of rotatable bonds is 9. The zero-order valence-electron chi connectivity index (χ0n) is 22.4. The van der Waals surface area contributed by atoms with Crippen LogP contribution >= 0.6 is 0 Å². The second kappa shape index (κ2) is 11.9. The van der Waals surface area contributed by atoms with Crippen LogP contribution in [0, 0.1) is 5.82 Å². The van der Waals surface area contributed by atoms with E-state index in [2.05, 4.69) is 11.9 Å². The summed E-state index contributed by atoms with van der Waals surface area (Å²) in [4.78, 5) is 39.2. The number of barbiturate groups is 1. The largest absolute Gasteiger partial charge is 0.490 e. The Morgan fingerprint density at radius 3 is 2.49 bits per heavy atom. The van der Waals surface area contributed by atoms with E-state index in [9.17, 15) is 18.8 Å². The Morgan fingerprint density at radius 2 is 1.71 bits per heavy atom. The molecule has 1 aliphatic heterocycles. The monoisotopic (exact) mass is 550 g/mol. The first-order valence-electron chi connectivity index (χ1n) is 13.1. The highest BCUT2D eigenvalue weighted by atomic mass is 19.1. The number of hydrogen-bond donors (Lipinski definition) is 1. The van der Waals surface area contributed by atoms with Crippen LogP contribution < -0.4 is 19.7 Å². The molecule has 0 spiro atoms. The van der Waals surface area contributed by atoms with Crippen LogP contribution in [0.4, 0.5) is 14.9 Å². The van der Waals surface area contributed by atoms with Crippen LogP contribution in [0.1, 0.15) is 23.6 Å². The number of nitrogens with one attached hydrogen (secondary N) is 1. The number of nitrogens with zero attached hydrogens (tertiary/aromatic N) is 1. The summed E-state index contributed by atoms with van der Waals surface area (Å²) in [7, 11) is 0. The number of benzene rings is 4. The molecule has 0 bridgehead atoms. The number of fused-ring (bicyclic) bond motifs is 1. The van der Waals surface area contributed by atoms with E-state index in [1.165, 1.54) is 24.3 Å². The zero-order valence-corrected chi connectivity index (χ0v) is 22.4. The lowest BCUT2D eigenvalue weighted by atomic mass is 10.0. The maximum Gasteiger partial charge on any atom is 0.335 e. The summed E-state index contributed by atoms with van der Waals surface area (Å²) in [6.07, 6.45) is 3.52. The van der Waals surface area contributed by atoms with E-state index >= 15 is 0 Å². The molecule has 1 N–H and O–H groups in total. The van der Waals surface area contributed by atoms with E-state index in [0.29, 0.717) is 30.1 Å². The second-order valence-electron chi connectivity index (χ2n) is 9.30. The van der Waals surface area contributed by atoms with Gasteiger partial charge in [-0.1, -0.05) is 54.6 Å². The van der Waals surface area contributed by atoms with Crippen molar-refractivity contribution >= 4 is 40.4 Å². The molecule has 0 unspecified atom stereocenters. The van der Waals surface area contributed by atoms with E-state index < -0.39 is 23.7 Å². The van der Waals surface area contributed by atoms with Gasteiger partial charge in [-0.15, -0.1) is 6.58 Å². The van der Waals surface area contributed by atoms with Gasteiger partial charge in [0.25, 0.3) is 11.8 Å². The van der Waals surface area contributed by atoms with E-state index in [1.54, 1.807) is 18.2 Å². The number of amides is 4. The number of allylic oxidation sites excluding steroid dienone is 1.